The molecular weight excluding hydrogens is 207 g/mol. The maximum Gasteiger partial charge on any atom is 0.142 e. The highest BCUT2D eigenvalue weighted by Gasteiger charge is 2.42. The molecule has 6 atom stereocenters. The summed E-state index contributed by atoms with van der Waals surface area (Å²) in [6, 6.07) is -0.0635. The molecule has 0 aliphatic carbocycles. The Bertz CT molecular complexity index is 214. The summed E-state index contributed by atoms with van der Waals surface area (Å²) in [7, 11) is 3.60. The van der Waals surface area contributed by atoms with Gasteiger partial charge in [-0.3, -0.25) is 0 Å². The molecule has 1 aliphatic heterocycles. The van der Waals surface area contributed by atoms with Crippen molar-refractivity contribution < 1.29 is 19.3 Å². The van der Waals surface area contributed by atoms with Crippen LogP contribution in [0, 0.1) is 0 Å². The molecule has 0 radical (unpaired) electrons. The van der Waals surface area contributed by atoms with Crippen LogP contribution < -0.4 is 0 Å². The molecule has 1 unspecified atom stereocenters. The minimum absolute atomic E-state index is 0.0140. The van der Waals surface area contributed by atoms with Gasteiger partial charge in [-0.1, -0.05) is 6.92 Å². The number of ether oxygens (including phenoxy) is 3. The van der Waals surface area contributed by atoms with Gasteiger partial charge in [0.1, 0.15) is 20.1 Å². The van der Waals surface area contributed by atoms with Gasteiger partial charge in [-0.05, 0) is 20.3 Å². The normalized spacial score (nSPS) is 38.6. The van der Waals surface area contributed by atoms with E-state index >= 15 is 0 Å². The smallest absolute Gasteiger partial charge is 0.142 e. The molecule has 16 heavy (non-hydrogen) atoms. The Morgan fingerprint density at radius 3 is 2.44 bits per heavy atom. The molecule has 0 aromatic carbocycles. The lowest BCUT2D eigenvalue weighted by Crippen LogP contribution is -2.40. The first kappa shape index (κ1) is 14.0. The molecule has 1 saturated heterocycles. The van der Waals surface area contributed by atoms with Crippen LogP contribution in [-0.4, -0.2) is 56.6 Å². The van der Waals surface area contributed by atoms with E-state index in [0.717, 1.165) is 6.42 Å². The fraction of sp³-hybridized carbons (Fsp3) is 1.00. The SMILES string of the molecule is B[C@@H]1O[C@H](CC)C(O)[C@@H]1O[C@H](C)[C@H](C)OC. The number of aliphatic hydroxyl groups is 1. The van der Waals surface area contributed by atoms with Gasteiger partial charge in [0.25, 0.3) is 0 Å². The molecule has 1 rings (SSSR count). The van der Waals surface area contributed by atoms with Gasteiger partial charge in [0.15, 0.2) is 0 Å². The van der Waals surface area contributed by atoms with Crippen molar-refractivity contribution in [2.24, 2.45) is 0 Å². The second kappa shape index (κ2) is 6.01. The minimum atomic E-state index is -0.536. The zero-order valence-electron chi connectivity index (χ0n) is 10.8. The molecule has 0 spiro atoms. The summed E-state index contributed by atoms with van der Waals surface area (Å²) in [6.45, 7) is 5.91. The van der Waals surface area contributed by atoms with Crippen LogP contribution in [0.4, 0.5) is 0 Å². The Kier molecular flexibility index (Phi) is 5.24. The molecule has 5 heteroatoms. The second-order valence-corrected chi connectivity index (χ2v) is 4.53. The van der Waals surface area contributed by atoms with Gasteiger partial charge in [0.05, 0.1) is 24.3 Å². The van der Waals surface area contributed by atoms with E-state index in [1.165, 1.54) is 0 Å². The van der Waals surface area contributed by atoms with Crippen molar-refractivity contribution in [3.05, 3.63) is 0 Å². The highest BCUT2D eigenvalue weighted by molar-refractivity contribution is 6.11. The van der Waals surface area contributed by atoms with E-state index in [0.29, 0.717) is 0 Å². The first-order valence-corrected chi connectivity index (χ1v) is 6.03. The molecule has 0 bridgehead atoms. The number of methoxy groups -OCH3 is 1. The molecule has 0 aromatic heterocycles. The van der Waals surface area contributed by atoms with E-state index in [4.69, 9.17) is 14.2 Å². The molecular formula is C11H23BO4. The van der Waals surface area contributed by atoms with Crippen molar-refractivity contribution in [1.29, 1.82) is 0 Å². The highest BCUT2D eigenvalue weighted by Crippen LogP contribution is 2.25. The summed E-state index contributed by atoms with van der Waals surface area (Å²) in [4.78, 5) is 0. The second-order valence-electron chi connectivity index (χ2n) is 4.53. The largest absolute Gasteiger partial charge is 0.388 e. The molecule has 1 N–H and O–H groups in total. The summed E-state index contributed by atoms with van der Waals surface area (Å²) in [5.41, 5.74) is 0. The van der Waals surface area contributed by atoms with E-state index in [2.05, 4.69) is 0 Å². The highest BCUT2D eigenvalue weighted by atomic mass is 16.6. The predicted molar refractivity (Wildman–Crippen MR) is 64.3 cm³/mol. The van der Waals surface area contributed by atoms with E-state index in [1.54, 1.807) is 7.11 Å². The van der Waals surface area contributed by atoms with Gasteiger partial charge in [-0.2, -0.15) is 0 Å². The van der Waals surface area contributed by atoms with Crippen LogP contribution in [0.15, 0.2) is 0 Å². The zero-order chi connectivity index (χ0) is 12.3. The Hall–Kier alpha value is -0.0951. The molecule has 1 heterocycles. The van der Waals surface area contributed by atoms with Crippen molar-refractivity contribution in [1.82, 2.24) is 0 Å². The van der Waals surface area contributed by atoms with E-state index < -0.39 is 6.10 Å². The monoisotopic (exact) mass is 230 g/mol. The first-order chi connectivity index (χ1) is 7.51. The van der Waals surface area contributed by atoms with E-state index in [-0.39, 0.29) is 30.4 Å². The third kappa shape index (κ3) is 2.97. The Morgan fingerprint density at radius 1 is 1.38 bits per heavy atom. The number of rotatable bonds is 5. The fourth-order valence-corrected chi connectivity index (χ4v) is 2.00. The van der Waals surface area contributed by atoms with Gasteiger partial charge in [-0.25, -0.2) is 0 Å². The van der Waals surface area contributed by atoms with Gasteiger partial charge < -0.3 is 19.3 Å². The van der Waals surface area contributed by atoms with Crippen LogP contribution in [0.3, 0.4) is 0 Å². The molecule has 94 valence electrons. The molecule has 4 nitrogen and oxygen atoms in total. The average molecular weight is 230 g/mol. The molecule has 0 saturated carbocycles. The minimum Gasteiger partial charge on any atom is -0.388 e. The topological polar surface area (TPSA) is 47.9 Å². The van der Waals surface area contributed by atoms with E-state index in [1.807, 2.05) is 28.6 Å². The quantitative estimate of drug-likeness (QED) is 0.671. The lowest BCUT2D eigenvalue weighted by atomic mass is 9.92. The van der Waals surface area contributed by atoms with Crippen molar-refractivity contribution in [2.45, 2.75) is 63.7 Å². The summed E-state index contributed by atoms with van der Waals surface area (Å²) >= 11 is 0. The van der Waals surface area contributed by atoms with Crippen LogP contribution in [0.2, 0.25) is 0 Å². The van der Waals surface area contributed by atoms with Crippen LogP contribution in [0.25, 0.3) is 0 Å². The van der Waals surface area contributed by atoms with Crippen molar-refractivity contribution >= 4 is 7.85 Å². The zero-order valence-corrected chi connectivity index (χ0v) is 10.8. The maximum atomic E-state index is 10.0. The Balaban J connectivity index is 2.53. The Labute approximate surface area is 98.7 Å². The van der Waals surface area contributed by atoms with Crippen LogP contribution >= 0.6 is 0 Å². The Morgan fingerprint density at radius 2 is 2.00 bits per heavy atom. The van der Waals surface area contributed by atoms with E-state index in [9.17, 15) is 5.11 Å². The number of hydrogen-bond acceptors (Lipinski definition) is 4. The first-order valence-electron chi connectivity index (χ1n) is 6.03. The van der Waals surface area contributed by atoms with Crippen LogP contribution in [0.1, 0.15) is 27.2 Å². The lowest BCUT2D eigenvalue weighted by Gasteiger charge is -2.26. The molecule has 0 aromatic rings. The van der Waals surface area contributed by atoms with Crippen molar-refractivity contribution in [2.75, 3.05) is 7.11 Å². The predicted octanol–water partition coefficient (Wildman–Crippen LogP) is -0.0761. The molecule has 1 fully saturated rings. The summed E-state index contributed by atoms with van der Waals surface area (Å²) in [5.74, 6) is 0. The number of aliphatic hydroxyl groups excluding tert-OH is 1. The van der Waals surface area contributed by atoms with Gasteiger partial charge in [-0.15, -0.1) is 0 Å². The fourth-order valence-electron chi connectivity index (χ4n) is 2.00. The van der Waals surface area contributed by atoms with Crippen molar-refractivity contribution in [3.8, 4) is 0 Å². The summed E-state index contributed by atoms with van der Waals surface area (Å²) in [5, 5.41) is 10.0. The number of hydrogen-bond donors (Lipinski definition) is 1. The third-order valence-corrected chi connectivity index (χ3v) is 3.38. The van der Waals surface area contributed by atoms with Gasteiger partial charge >= 0.3 is 0 Å². The summed E-state index contributed by atoms with van der Waals surface area (Å²) < 4.78 is 16.7. The van der Waals surface area contributed by atoms with Crippen LogP contribution in [-0.2, 0) is 14.2 Å². The van der Waals surface area contributed by atoms with Crippen molar-refractivity contribution in [3.63, 3.8) is 0 Å². The van der Waals surface area contributed by atoms with Gasteiger partial charge in [0, 0.05) is 7.11 Å². The molecule has 0 amide bonds. The third-order valence-electron chi connectivity index (χ3n) is 3.38. The van der Waals surface area contributed by atoms with Crippen LogP contribution in [0.5, 0.6) is 0 Å². The average Bonchev–Trinajstić information content (AvgIpc) is 2.55. The standard InChI is InChI=1S/C11H23BO4/c1-5-8-9(13)10(11(12)16-8)15-7(3)6(2)14-4/h6-11,13H,5,12H2,1-4H3/t6-,7+,8+,9?,10-,11+/m0/s1. The maximum absolute atomic E-state index is 10.0. The van der Waals surface area contributed by atoms with Gasteiger partial charge in [0.2, 0.25) is 0 Å². The summed E-state index contributed by atoms with van der Waals surface area (Å²) in [6.07, 6.45) is -0.125. The lowest BCUT2D eigenvalue weighted by molar-refractivity contribution is -0.104. The molecule has 1 aliphatic rings.